The molecule has 1 aliphatic rings. The Kier molecular flexibility index (Phi) is 7.84. The molecule has 2 heterocycles. The molecule has 1 saturated heterocycles. The molecular weight excluding hydrogens is 456 g/mol. The van der Waals surface area contributed by atoms with Gasteiger partial charge in [-0.15, -0.1) is 0 Å². The highest BCUT2D eigenvalue weighted by Crippen LogP contribution is 2.32. The summed E-state index contributed by atoms with van der Waals surface area (Å²) < 4.78 is 12.0. The first-order valence-electron chi connectivity index (χ1n) is 11.1. The van der Waals surface area contributed by atoms with Crippen LogP contribution < -0.4 is 9.64 Å². The van der Waals surface area contributed by atoms with E-state index in [0.29, 0.717) is 43.6 Å². The lowest BCUT2D eigenvalue weighted by Gasteiger charge is -2.28. The fraction of sp³-hybridized carbons (Fsp3) is 0.333. The number of hydrogen-bond acceptors (Lipinski definition) is 8. The van der Waals surface area contributed by atoms with Gasteiger partial charge < -0.3 is 9.47 Å². The summed E-state index contributed by atoms with van der Waals surface area (Å²) in [5.41, 5.74) is 1.53. The van der Waals surface area contributed by atoms with Crippen LogP contribution in [0.1, 0.15) is 12.5 Å². The van der Waals surface area contributed by atoms with E-state index in [1.54, 1.807) is 23.1 Å². The quantitative estimate of drug-likeness (QED) is 0.258. The number of ether oxygens (including phenoxy) is 2. The Morgan fingerprint density at radius 2 is 2.03 bits per heavy atom. The molecule has 9 nitrogen and oxygen atoms in total. The van der Waals surface area contributed by atoms with Gasteiger partial charge in [0.05, 0.1) is 35.0 Å². The second-order valence-corrected chi connectivity index (χ2v) is 8.69. The average Bonchev–Trinajstić information content (AvgIpc) is 3.27. The van der Waals surface area contributed by atoms with E-state index in [2.05, 4.69) is 4.90 Å². The van der Waals surface area contributed by atoms with E-state index in [0.717, 1.165) is 29.1 Å². The lowest BCUT2D eigenvalue weighted by atomic mass is 10.2. The first-order chi connectivity index (χ1) is 16.5. The average molecular weight is 483 g/mol. The summed E-state index contributed by atoms with van der Waals surface area (Å²) in [4.78, 5) is 32.3. The van der Waals surface area contributed by atoms with Crippen molar-refractivity contribution >= 4 is 44.4 Å². The number of thiazole rings is 1. The molecule has 3 aromatic rings. The maximum absolute atomic E-state index is 13.2. The van der Waals surface area contributed by atoms with Crippen molar-refractivity contribution in [1.29, 1.82) is 0 Å². The number of amides is 1. The van der Waals surface area contributed by atoms with Gasteiger partial charge in [0.2, 0.25) is 0 Å². The summed E-state index contributed by atoms with van der Waals surface area (Å²) in [6.45, 7) is 6.75. The van der Waals surface area contributed by atoms with Crippen molar-refractivity contribution in [3.63, 3.8) is 0 Å². The number of benzene rings is 2. The molecule has 0 unspecified atom stereocenters. The Morgan fingerprint density at radius 1 is 1.26 bits per heavy atom. The van der Waals surface area contributed by atoms with Crippen LogP contribution in [0.4, 0.5) is 10.8 Å². The van der Waals surface area contributed by atoms with Crippen molar-refractivity contribution in [2.45, 2.75) is 6.92 Å². The number of anilines is 1. The minimum Gasteiger partial charge on any atom is -0.494 e. The van der Waals surface area contributed by atoms with Gasteiger partial charge in [0, 0.05) is 44.4 Å². The Hall–Kier alpha value is -3.34. The smallest absolute Gasteiger partial charge is 0.269 e. The number of fused-ring (bicyclic) bond motifs is 1. The second-order valence-electron chi connectivity index (χ2n) is 7.68. The van der Waals surface area contributed by atoms with Crippen LogP contribution in [0.15, 0.2) is 48.5 Å². The van der Waals surface area contributed by atoms with Gasteiger partial charge in [0.25, 0.3) is 11.6 Å². The van der Waals surface area contributed by atoms with Gasteiger partial charge in [0.1, 0.15) is 5.75 Å². The third-order valence-electron chi connectivity index (χ3n) is 5.42. The van der Waals surface area contributed by atoms with Crippen molar-refractivity contribution in [1.82, 2.24) is 9.88 Å². The molecule has 0 saturated carbocycles. The van der Waals surface area contributed by atoms with E-state index in [1.807, 2.05) is 25.1 Å². The summed E-state index contributed by atoms with van der Waals surface area (Å²) in [5.74, 6) is 0.574. The minimum atomic E-state index is -0.448. The highest BCUT2D eigenvalue weighted by Gasteiger charge is 2.20. The van der Waals surface area contributed by atoms with Gasteiger partial charge in [-0.1, -0.05) is 11.3 Å². The van der Waals surface area contributed by atoms with Crippen LogP contribution in [-0.4, -0.2) is 66.7 Å². The standard InChI is InChI=1S/C24H26N4O5S/c1-2-33-20-8-9-21-22(17-20)34-24(25-21)27(12-11-26-13-15-32-16-14-26)23(29)10-5-18-3-6-19(7-4-18)28(30)31/h3-10,17H,2,11-16H2,1H3/b10-5+. The van der Waals surface area contributed by atoms with E-state index in [1.165, 1.54) is 29.5 Å². The number of morpholine rings is 1. The van der Waals surface area contributed by atoms with E-state index in [9.17, 15) is 14.9 Å². The number of non-ortho nitro benzene ring substituents is 1. The summed E-state index contributed by atoms with van der Waals surface area (Å²) in [5, 5.41) is 11.5. The first kappa shape index (κ1) is 23.8. The van der Waals surface area contributed by atoms with E-state index < -0.39 is 4.92 Å². The molecule has 0 radical (unpaired) electrons. The Morgan fingerprint density at radius 3 is 2.74 bits per heavy atom. The third-order valence-corrected chi connectivity index (χ3v) is 6.46. The number of nitro benzene ring substituents is 1. The molecule has 0 atom stereocenters. The van der Waals surface area contributed by atoms with Crippen molar-refractivity contribution in [3.05, 3.63) is 64.2 Å². The van der Waals surface area contributed by atoms with Crippen LogP contribution in [-0.2, 0) is 9.53 Å². The zero-order valence-electron chi connectivity index (χ0n) is 18.9. The summed E-state index contributed by atoms with van der Waals surface area (Å²) in [6, 6.07) is 11.8. The summed E-state index contributed by atoms with van der Waals surface area (Å²) in [7, 11) is 0. The fourth-order valence-electron chi connectivity index (χ4n) is 3.60. The first-order valence-corrected chi connectivity index (χ1v) is 11.9. The molecule has 10 heteroatoms. The molecule has 1 aliphatic heterocycles. The lowest BCUT2D eigenvalue weighted by Crippen LogP contribution is -2.42. The molecule has 34 heavy (non-hydrogen) atoms. The van der Waals surface area contributed by atoms with Crippen LogP contribution in [0.3, 0.4) is 0 Å². The Bertz CT molecular complexity index is 1170. The van der Waals surface area contributed by atoms with Crippen molar-refractivity contribution in [3.8, 4) is 5.75 Å². The van der Waals surface area contributed by atoms with Gasteiger partial charge in [-0.25, -0.2) is 4.98 Å². The molecule has 1 fully saturated rings. The van der Waals surface area contributed by atoms with Gasteiger partial charge in [0.15, 0.2) is 5.13 Å². The monoisotopic (exact) mass is 482 g/mol. The van der Waals surface area contributed by atoms with Gasteiger partial charge in [-0.2, -0.15) is 0 Å². The normalized spacial score (nSPS) is 14.5. The van der Waals surface area contributed by atoms with Crippen LogP contribution in [0.5, 0.6) is 5.75 Å². The molecule has 1 aromatic heterocycles. The predicted molar refractivity (Wildman–Crippen MR) is 133 cm³/mol. The maximum atomic E-state index is 13.2. The number of carbonyl (C=O) groups is 1. The highest BCUT2D eigenvalue weighted by atomic mass is 32.1. The lowest BCUT2D eigenvalue weighted by molar-refractivity contribution is -0.384. The number of nitro groups is 1. The molecule has 0 aliphatic carbocycles. The van der Waals surface area contributed by atoms with Crippen LogP contribution >= 0.6 is 11.3 Å². The molecule has 178 valence electrons. The molecule has 0 spiro atoms. The predicted octanol–water partition coefficient (Wildman–Crippen LogP) is 3.98. The zero-order valence-corrected chi connectivity index (χ0v) is 19.7. The molecule has 0 bridgehead atoms. The number of carbonyl (C=O) groups excluding carboxylic acids is 1. The van der Waals surface area contributed by atoms with Crippen molar-refractivity contribution < 1.29 is 19.2 Å². The van der Waals surface area contributed by atoms with E-state index in [4.69, 9.17) is 14.5 Å². The molecule has 0 N–H and O–H groups in total. The van der Waals surface area contributed by atoms with Crippen molar-refractivity contribution in [2.75, 3.05) is 50.9 Å². The number of hydrogen-bond donors (Lipinski definition) is 0. The Labute approximate surface area is 201 Å². The fourth-order valence-corrected chi connectivity index (χ4v) is 4.62. The van der Waals surface area contributed by atoms with Crippen LogP contribution in [0.25, 0.3) is 16.3 Å². The van der Waals surface area contributed by atoms with Gasteiger partial charge >= 0.3 is 0 Å². The number of aromatic nitrogens is 1. The molecular formula is C24H26N4O5S. The van der Waals surface area contributed by atoms with Crippen LogP contribution in [0.2, 0.25) is 0 Å². The topological polar surface area (TPSA) is 98.0 Å². The maximum Gasteiger partial charge on any atom is 0.269 e. The largest absolute Gasteiger partial charge is 0.494 e. The van der Waals surface area contributed by atoms with Crippen LogP contribution in [0, 0.1) is 10.1 Å². The van der Waals surface area contributed by atoms with E-state index >= 15 is 0 Å². The van der Waals surface area contributed by atoms with Gasteiger partial charge in [-0.05, 0) is 48.9 Å². The SMILES string of the molecule is CCOc1ccc2nc(N(CCN3CCOCC3)C(=O)/C=C/c3ccc([N+](=O)[O-])cc3)sc2c1. The van der Waals surface area contributed by atoms with Gasteiger partial charge in [-0.3, -0.25) is 24.7 Å². The minimum absolute atomic E-state index is 0.0107. The van der Waals surface area contributed by atoms with Crippen molar-refractivity contribution in [2.24, 2.45) is 0 Å². The highest BCUT2D eigenvalue weighted by molar-refractivity contribution is 7.22. The van der Waals surface area contributed by atoms with E-state index in [-0.39, 0.29) is 11.6 Å². The number of rotatable bonds is 9. The summed E-state index contributed by atoms with van der Waals surface area (Å²) in [6.07, 6.45) is 3.15. The molecule has 2 aromatic carbocycles. The molecule has 4 rings (SSSR count). The zero-order chi connectivity index (χ0) is 23.9. The second kappa shape index (κ2) is 11.2. The third kappa shape index (κ3) is 5.96. The Balaban J connectivity index is 1.55. The number of nitrogens with zero attached hydrogens (tertiary/aromatic N) is 4. The summed E-state index contributed by atoms with van der Waals surface area (Å²) >= 11 is 1.45. The molecule has 1 amide bonds.